The van der Waals surface area contributed by atoms with E-state index < -0.39 is 6.04 Å². The van der Waals surface area contributed by atoms with E-state index in [4.69, 9.17) is 0 Å². The lowest BCUT2D eigenvalue weighted by Gasteiger charge is -2.38. The summed E-state index contributed by atoms with van der Waals surface area (Å²) in [5.41, 5.74) is 0.0723. The van der Waals surface area contributed by atoms with Crippen molar-refractivity contribution in [2.45, 2.75) is 59.7 Å². The summed E-state index contributed by atoms with van der Waals surface area (Å²) < 4.78 is 1.93. The first-order valence-corrected chi connectivity index (χ1v) is 8.95. The molecule has 1 aliphatic heterocycles. The molecule has 1 aliphatic rings. The van der Waals surface area contributed by atoms with E-state index in [2.05, 4.69) is 53.4 Å². The molecule has 2 N–H and O–H groups in total. The fourth-order valence-electron chi connectivity index (χ4n) is 3.05. The van der Waals surface area contributed by atoms with Crippen molar-refractivity contribution in [2.24, 2.45) is 5.41 Å². The van der Waals surface area contributed by atoms with E-state index in [0.717, 1.165) is 31.9 Å². The second kappa shape index (κ2) is 8.42. The number of piperazine rings is 1. The highest BCUT2D eigenvalue weighted by molar-refractivity contribution is 5.88. The summed E-state index contributed by atoms with van der Waals surface area (Å²) in [7, 11) is 0. The van der Waals surface area contributed by atoms with Crippen molar-refractivity contribution in [3.8, 4) is 0 Å². The van der Waals surface area contributed by atoms with E-state index in [0.29, 0.717) is 13.1 Å². The third-order valence-electron chi connectivity index (χ3n) is 4.10. The van der Waals surface area contributed by atoms with E-state index in [1.165, 1.54) is 0 Å². The Hall–Kier alpha value is -1.96. The molecule has 8 heteroatoms. The maximum Gasteiger partial charge on any atom is 0.237 e. The number of aryl methyl sites for hydroxylation is 1. The molecule has 2 amide bonds. The highest BCUT2D eigenvalue weighted by atomic mass is 16.2. The molecule has 0 aromatic carbocycles. The minimum atomic E-state index is -0.415. The van der Waals surface area contributed by atoms with E-state index in [-0.39, 0.29) is 23.7 Å². The van der Waals surface area contributed by atoms with Crippen LogP contribution in [-0.4, -0.2) is 57.2 Å². The van der Waals surface area contributed by atoms with Gasteiger partial charge in [0.05, 0.1) is 19.0 Å². The Morgan fingerprint density at radius 2 is 2.20 bits per heavy atom. The van der Waals surface area contributed by atoms with Crippen LogP contribution in [0.15, 0.2) is 6.33 Å². The van der Waals surface area contributed by atoms with Crippen molar-refractivity contribution in [2.75, 3.05) is 19.6 Å². The van der Waals surface area contributed by atoms with E-state index in [1.807, 2.05) is 4.57 Å². The number of rotatable bonds is 7. The van der Waals surface area contributed by atoms with Gasteiger partial charge in [0, 0.05) is 26.2 Å². The van der Waals surface area contributed by atoms with Crippen molar-refractivity contribution in [3.63, 3.8) is 0 Å². The van der Waals surface area contributed by atoms with Crippen LogP contribution in [0.3, 0.4) is 0 Å². The van der Waals surface area contributed by atoms with Gasteiger partial charge in [-0.15, -0.1) is 10.2 Å². The maximum atomic E-state index is 12.4. The molecule has 0 saturated carbocycles. The number of amides is 2. The van der Waals surface area contributed by atoms with Gasteiger partial charge in [0.2, 0.25) is 11.8 Å². The Labute approximate surface area is 149 Å². The SMILES string of the molecule is CCCn1cnnc1CNC(=O)C[C@@H]1C(=O)NCCN1CC(C)(C)C. The molecule has 1 fully saturated rings. The van der Waals surface area contributed by atoms with Crippen molar-refractivity contribution >= 4 is 11.8 Å². The van der Waals surface area contributed by atoms with Crippen LogP contribution in [0.2, 0.25) is 0 Å². The van der Waals surface area contributed by atoms with Crippen molar-refractivity contribution in [3.05, 3.63) is 12.2 Å². The first-order chi connectivity index (χ1) is 11.8. The smallest absolute Gasteiger partial charge is 0.237 e. The summed E-state index contributed by atoms with van der Waals surface area (Å²) in [6.45, 7) is 11.8. The summed E-state index contributed by atoms with van der Waals surface area (Å²) in [5, 5.41) is 13.7. The number of carbonyl (C=O) groups is 2. The first-order valence-electron chi connectivity index (χ1n) is 8.95. The minimum absolute atomic E-state index is 0.0696. The topological polar surface area (TPSA) is 92.1 Å². The van der Waals surface area contributed by atoms with Gasteiger partial charge in [0.15, 0.2) is 5.82 Å². The fraction of sp³-hybridized carbons (Fsp3) is 0.765. The van der Waals surface area contributed by atoms with Gasteiger partial charge in [0.25, 0.3) is 0 Å². The third kappa shape index (κ3) is 5.81. The van der Waals surface area contributed by atoms with E-state index >= 15 is 0 Å². The monoisotopic (exact) mass is 350 g/mol. The molecule has 140 valence electrons. The Morgan fingerprint density at radius 1 is 1.44 bits per heavy atom. The molecule has 0 aliphatic carbocycles. The number of hydrogen-bond acceptors (Lipinski definition) is 5. The van der Waals surface area contributed by atoms with Crippen LogP contribution in [0.1, 0.15) is 46.4 Å². The van der Waals surface area contributed by atoms with Gasteiger partial charge in [-0.2, -0.15) is 0 Å². The molecule has 0 unspecified atom stereocenters. The quantitative estimate of drug-likeness (QED) is 0.749. The molecular weight excluding hydrogens is 320 g/mol. The highest BCUT2D eigenvalue weighted by Gasteiger charge is 2.33. The van der Waals surface area contributed by atoms with Crippen LogP contribution in [0.25, 0.3) is 0 Å². The number of aromatic nitrogens is 3. The first kappa shape index (κ1) is 19.4. The van der Waals surface area contributed by atoms with Crippen LogP contribution < -0.4 is 10.6 Å². The van der Waals surface area contributed by atoms with E-state index in [9.17, 15) is 9.59 Å². The summed E-state index contributed by atoms with van der Waals surface area (Å²) in [5.74, 6) is 0.515. The van der Waals surface area contributed by atoms with Gasteiger partial charge in [0.1, 0.15) is 6.33 Å². The van der Waals surface area contributed by atoms with Gasteiger partial charge < -0.3 is 15.2 Å². The number of nitrogens with zero attached hydrogens (tertiary/aromatic N) is 4. The number of carbonyl (C=O) groups excluding carboxylic acids is 2. The summed E-state index contributed by atoms with van der Waals surface area (Å²) in [4.78, 5) is 26.7. The molecule has 1 aromatic rings. The van der Waals surface area contributed by atoms with Crippen molar-refractivity contribution < 1.29 is 9.59 Å². The van der Waals surface area contributed by atoms with Gasteiger partial charge >= 0.3 is 0 Å². The average Bonchev–Trinajstić information content (AvgIpc) is 2.95. The van der Waals surface area contributed by atoms with Gasteiger partial charge in [-0.3, -0.25) is 14.5 Å². The Morgan fingerprint density at radius 3 is 2.88 bits per heavy atom. The number of hydrogen-bond donors (Lipinski definition) is 2. The van der Waals surface area contributed by atoms with E-state index in [1.54, 1.807) is 6.33 Å². The number of nitrogens with one attached hydrogen (secondary N) is 2. The predicted octanol–water partition coefficient (Wildman–Crippen LogP) is 0.541. The normalized spacial score (nSPS) is 18.9. The lowest BCUT2D eigenvalue weighted by molar-refractivity contribution is -0.134. The largest absolute Gasteiger partial charge is 0.353 e. The third-order valence-corrected chi connectivity index (χ3v) is 4.10. The van der Waals surface area contributed by atoms with Gasteiger partial charge in [-0.05, 0) is 11.8 Å². The Kier molecular flexibility index (Phi) is 6.52. The average molecular weight is 350 g/mol. The molecule has 2 rings (SSSR count). The Balaban J connectivity index is 1.92. The van der Waals surface area contributed by atoms with Crippen molar-refractivity contribution in [1.29, 1.82) is 0 Å². The molecule has 0 bridgehead atoms. The zero-order valence-electron chi connectivity index (χ0n) is 15.7. The Bertz CT molecular complexity index is 592. The maximum absolute atomic E-state index is 12.4. The lowest BCUT2D eigenvalue weighted by Crippen LogP contribution is -2.58. The molecule has 2 heterocycles. The van der Waals surface area contributed by atoms with Crippen LogP contribution in [-0.2, 0) is 22.7 Å². The molecule has 8 nitrogen and oxygen atoms in total. The second-order valence-corrected chi connectivity index (χ2v) is 7.76. The minimum Gasteiger partial charge on any atom is -0.353 e. The zero-order chi connectivity index (χ0) is 18.4. The molecule has 0 radical (unpaired) electrons. The molecule has 25 heavy (non-hydrogen) atoms. The van der Waals surface area contributed by atoms with Crippen molar-refractivity contribution in [1.82, 2.24) is 30.3 Å². The standard InChI is InChI=1S/C17H30N6O2/c1-5-7-23-12-20-21-14(23)10-19-15(24)9-13-16(25)18-6-8-22(13)11-17(2,3)4/h12-13H,5-11H2,1-4H3,(H,18,25)(H,19,24)/t13-/m1/s1. The van der Waals surface area contributed by atoms with Crippen LogP contribution in [0, 0.1) is 5.41 Å². The van der Waals surface area contributed by atoms with Crippen LogP contribution in [0.4, 0.5) is 0 Å². The van der Waals surface area contributed by atoms with Crippen LogP contribution in [0.5, 0.6) is 0 Å². The lowest BCUT2D eigenvalue weighted by atomic mass is 9.94. The molecule has 1 atom stereocenters. The van der Waals surface area contributed by atoms with Crippen LogP contribution >= 0.6 is 0 Å². The summed E-state index contributed by atoms with van der Waals surface area (Å²) >= 11 is 0. The second-order valence-electron chi connectivity index (χ2n) is 7.76. The molecular formula is C17H30N6O2. The summed E-state index contributed by atoms with van der Waals surface area (Å²) in [6, 6.07) is -0.415. The zero-order valence-corrected chi connectivity index (χ0v) is 15.7. The molecule has 0 spiro atoms. The summed E-state index contributed by atoms with van der Waals surface area (Å²) in [6.07, 6.45) is 2.80. The highest BCUT2D eigenvalue weighted by Crippen LogP contribution is 2.19. The van der Waals surface area contributed by atoms with Gasteiger partial charge in [-0.1, -0.05) is 27.7 Å². The molecule has 1 saturated heterocycles. The predicted molar refractivity (Wildman–Crippen MR) is 94.6 cm³/mol. The fourth-order valence-corrected chi connectivity index (χ4v) is 3.05. The van der Waals surface area contributed by atoms with Gasteiger partial charge in [-0.25, -0.2) is 0 Å². The molecule has 1 aromatic heterocycles.